The van der Waals surface area contributed by atoms with Gasteiger partial charge in [0.25, 0.3) is 5.91 Å². The zero-order valence-electron chi connectivity index (χ0n) is 11.8. The lowest BCUT2D eigenvalue weighted by molar-refractivity contribution is 0.102. The van der Waals surface area contributed by atoms with Gasteiger partial charge in [-0.2, -0.15) is 10.4 Å². The number of carbonyl (C=O) groups is 1. The topological polar surface area (TPSA) is 70.7 Å². The number of para-hydroxylation sites is 1. The van der Waals surface area contributed by atoms with Crippen LogP contribution in [0.4, 0.5) is 5.69 Å². The molecule has 0 spiro atoms. The van der Waals surface area contributed by atoms with Crippen molar-refractivity contribution in [3.63, 3.8) is 0 Å². The average molecular weight is 308 g/mol. The summed E-state index contributed by atoms with van der Waals surface area (Å²) in [5, 5.41) is 18.0. The van der Waals surface area contributed by atoms with Crippen molar-refractivity contribution in [1.82, 2.24) is 9.78 Å². The summed E-state index contributed by atoms with van der Waals surface area (Å²) < 4.78 is 1.68. The van der Waals surface area contributed by atoms with Gasteiger partial charge >= 0.3 is 0 Å². The van der Waals surface area contributed by atoms with Crippen molar-refractivity contribution in [3.8, 4) is 16.6 Å². The number of benzene rings is 1. The summed E-state index contributed by atoms with van der Waals surface area (Å²) in [6.07, 6.45) is 0. The minimum absolute atomic E-state index is 0.318. The number of rotatable bonds is 3. The molecule has 0 saturated heterocycles. The van der Waals surface area contributed by atoms with E-state index in [1.54, 1.807) is 53.4 Å². The number of hydrogen-bond donors (Lipinski definition) is 1. The fraction of sp³-hybridized carbons (Fsp3) is 0.0625. The van der Waals surface area contributed by atoms with Gasteiger partial charge in [-0.05, 0) is 29.6 Å². The Labute approximate surface area is 131 Å². The van der Waals surface area contributed by atoms with Crippen LogP contribution in [0.15, 0.2) is 47.8 Å². The molecule has 0 bridgehead atoms. The second-order valence-electron chi connectivity index (χ2n) is 4.63. The minimum Gasteiger partial charge on any atom is -0.319 e. The van der Waals surface area contributed by atoms with E-state index in [2.05, 4.69) is 16.5 Å². The van der Waals surface area contributed by atoms with Crippen molar-refractivity contribution in [2.24, 2.45) is 7.05 Å². The molecule has 5 nitrogen and oxygen atoms in total. The van der Waals surface area contributed by atoms with E-state index in [9.17, 15) is 4.79 Å². The maximum atomic E-state index is 12.3. The lowest BCUT2D eigenvalue weighted by atomic mass is 10.2. The first kappa shape index (κ1) is 14.0. The summed E-state index contributed by atoms with van der Waals surface area (Å²) in [5.74, 6) is -0.332. The number of amides is 1. The Balaban J connectivity index is 1.88. The van der Waals surface area contributed by atoms with Crippen LogP contribution in [0.3, 0.4) is 0 Å². The average Bonchev–Trinajstić information content (AvgIpc) is 3.16. The Bertz CT molecular complexity index is 859. The molecule has 3 rings (SSSR count). The molecule has 1 N–H and O–H groups in total. The van der Waals surface area contributed by atoms with Gasteiger partial charge in [-0.3, -0.25) is 9.48 Å². The van der Waals surface area contributed by atoms with Crippen LogP contribution >= 0.6 is 11.3 Å². The second-order valence-corrected chi connectivity index (χ2v) is 5.57. The third-order valence-corrected chi connectivity index (χ3v) is 4.07. The molecule has 0 aliphatic rings. The molecule has 0 fully saturated rings. The normalized spacial score (nSPS) is 10.2. The zero-order chi connectivity index (χ0) is 15.5. The molecule has 0 atom stereocenters. The number of nitrogens with zero attached hydrogens (tertiary/aromatic N) is 3. The molecule has 0 radical (unpaired) electrons. The van der Waals surface area contributed by atoms with Gasteiger partial charge in [0.1, 0.15) is 6.07 Å². The van der Waals surface area contributed by atoms with Gasteiger partial charge in [-0.25, -0.2) is 0 Å². The molecule has 22 heavy (non-hydrogen) atoms. The first-order chi connectivity index (χ1) is 10.7. The second kappa shape index (κ2) is 5.84. The standard InChI is InChI=1S/C16H12N4OS/c1-20-14(15-7-4-8-22-15)9-13(19-20)16(21)18-12-6-3-2-5-11(12)10-17/h2-9H,1H3,(H,18,21). The Hall–Kier alpha value is -2.91. The third-order valence-electron chi connectivity index (χ3n) is 3.18. The van der Waals surface area contributed by atoms with E-state index in [1.807, 2.05) is 17.5 Å². The van der Waals surface area contributed by atoms with Gasteiger partial charge in [-0.15, -0.1) is 11.3 Å². The molecule has 2 aromatic heterocycles. The van der Waals surface area contributed by atoms with E-state index >= 15 is 0 Å². The van der Waals surface area contributed by atoms with E-state index in [0.717, 1.165) is 10.6 Å². The Morgan fingerprint density at radius 1 is 1.32 bits per heavy atom. The number of aryl methyl sites for hydroxylation is 1. The smallest absolute Gasteiger partial charge is 0.276 e. The van der Waals surface area contributed by atoms with E-state index in [4.69, 9.17) is 5.26 Å². The van der Waals surface area contributed by atoms with Crippen LogP contribution in [-0.4, -0.2) is 15.7 Å². The SMILES string of the molecule is Cn1nc(C(=O)Nc2ccccc2C#N)cc1-c1cccs1. The maximum Gasteiger partial charge on any atom is 0.276 e. The summed E-state index contributed by atoms with van der Waals surface area (Å²) in [5.41, 5.74) is 2.11. The van der Waals surface area contributed by atoms with E-state index in [1.165, 1.54) is 0 Å². The van der Waals surface area contributed by atoms with Gasteiger partial charge in [0.15, 0.2) is 5.69 Å². The Morgan fingerprint density at radius 2 is 2.14 bits per heavy atom. The van der Waals surface area contributed by atoms with Crippen molar-refractivity contribution in [2.45, 2.75) is 0 Å². The van der Waals surface area contributed by atoms with Crippen molar-refractivity contribution in [3.05, 3.63) is 59.1 Å². The number of aromatic nitrogens is 2. The molecule has 108 valence electrons. The van der Waals surface area contributed by atoms with Gasteiger partial charge < -0.3 is 5.32 Å². The quantitative estimate of drug-likeness (QED) is 0.807. The molecule has 0 unspecified atom stereocenters. The predicted octanol–water partition coefficient (Wildman–Crippen LogP) is 3.27. The lowest BCUT2D eigenvalue weighted by Crippen LogP contribution is -2.13. The molecule has 0 aliphatic carbocycles. The highest BCUT2D eigenvalue weighted by Gasteiger charge is 2.15. The molecule has 2 heterocycles. The molecule has 1 amide bonds. The highest BCUT2D eigenvalue weighted by Crippen LogP contribution is 2.25. The van der Waals surface area contributed by atoms with E-state index in [0.29, 0.717) is 16.9 Å². The van der Waals surface area contributed by atoms with E-state index < -0.39 is 0 Å². The maximum absolute atomic E-state index is 12.3. The lowest BCUT2D eigenvalue weighted by Gasteiger charge is -2.04. The zero-order valence-corrected chi connectivity index (χ0v) is 12.6. The summed E-state index contributed by atoms with van der Waals surface area (Å²) in [6.45, 7) is 0. The number of nitriles is 1. The van der Waals surface area contributed by atoms with Crippen molar-refractivity contribution in [1.29, 1.82) is 5.26 Å². The van der Waals surface area contributed by atoms with Crippen LogP contribution in [0.25, 0.3) is 10.6 Å². The van der Waals surface area contributed by atoms with Crippen LogP contribution in [0, 0.1) is 11.3 Å². The number of hydrogen-bond acceptors (Lipinski definition) is 4. The fourth-order valence-corrected chi connectivity index (χ4v) is 2.88. The summed E-state index contributed by atoms with van der Waals surface area (Å²) in [6, 6.07) is 14.6. The Kier molecular flexibility index (Phi) is 3.73. The van der Waals surface area contributed by atoms with Crippen LogP contribution in [0.5, 0.6) is 0 Å². The first-order valence-corrected chi connectivity index (χ1v) is 7.45. The van der Waals surface area contributed by atoms with Crippen LogP contribution in [0.2, 0.25) is 0 Å². The number of nitrogens with one attached hydrogen (secondary N) is 1. The van der Waals surface area contributed by atoms with Crippen molar-refractivity contribution in [2.75, 3.05) is 5.32 Å². The summed E-state index contributed by atoms with van der Waals surface area (Å²) in [4.78, 5) is 13.4. The minimum atomic E-state index is -0.332. The predicted molar refractivity (Wildman–Crippen MR) is 85.6 cm³/mol. The monoisotopic (exact) mass is 308 g/mol. The van der Waals surface area contributed by atoms with Gasteiger partial charge in [0, 0.05) is 7.05 Å². The molecule has 6 heteroatoms. The highest BCUT2D eigenvalue weighted by molar-refractivity contribution is 7.13. The van der Waals surface area contributed by atoms with Gasteiger partial charge in [-0.1, -0.05) is 18.2 Å². The highest BCUT2D eigenvalue weighted by atomic mass is 32.1. The van der Waals surface area contributed by atoms with Gasteiger partial charge in [0.2, 0.25) is 0 Å². The largest absolute Gasteiger partial charge is 0.319 e. The van der Waals surface area contributed by atoms with Crippen LogP contribution < -0.4 is 5.32 Å². The number of carbonyl (C=O) groups excluding carboxylic acids is 1. The van der Waals surface area contributed by atoms with Crippen LogP contribution in [0.1, 0.15) is 16.1 Å². The van der Waals surface area contributed by atoms with Crippen molar-refractivity contribution < 1.29 is 4.79 Å². The molecule has 0 saturated carbocycles. The molecule has 1 aromatic carbocycles. The van der Waals surface area contributed by atoms with Crippen LogP contribution in [-0.2, 0) is 7.05 Å². The molecule has 3 aromatic rings. The van der Waals surface area contributed by atoms with Gasteiger partial charge in [0.05, 0.1) is 21.8 Å². The number of anilines is 1. The first-order valence-electron chi connectivity index (χ1n) is 6.57. The summed E-state index contributed by atoms with van der Waals surface area (Å²) >= 11 is 1.59. The molecular formula is C16H12N4OS. The fourth-order valence-electron chi connectivity index (χ4n) is 2.11. The van der Waals surface area contributed by atoms with E-state index in [-0.39, 0.29) is 5.91 Å². The molecular weight excluding hydrogens is 296 g/mol. The number of thiophene rings is 1. The van der Waals surface area contributed by atoms with Crippen molar-refractivity contribution >= 4 is 22.9 Å². The Morgan fingerprint density at radius 3 is 2.86 bits per heavy atom. The summed E-state index contributed by atoms with van der Waals surface area (Å²) in [7, 11) is 1.80. The molecule has 0 aliphatic heterocycles. The third kappa shape index (κ3) is 2.62.